The molecule has 0 aromatic carbocycles. The number of nitriles is 1. The number of nitrogens with zero attached hydrogens (tertiary/aromatic N) is 2. The highest BCUT2D eigenvalue weighted by molar-refractivity contribution is 6.00. The first-order valence-corrected chi connectivity index (χ1v) is 6.41. The highest BCUT2D eigenvalue weighted by Crippen LogP contribution is 2.34. The van der Waals surface area contributed by atoms with Crippen LogP contribution in [0.25, 0.3) is 0 Å². The molecule has 90 valence electrons. The Morgan fingerprint density at radius 2 is 2.12 bits per heavy atom. The van der Waals surface area contributed by atoms with Crippen LogP contribution >= 0.6 is 0 Å². The van der Waals surface area contributed by atoms with E-state index in [0.717, 1.165) is 31.3 Å². The third-order valence-electron chi connectivity index (χ3n) is 4.00. The van der Waals surface area contributed by atoms with Crippen molar-refractivity contribution < 1.29 is 0 Å². The van der Waals surface area contributed by atoms with Crippen molar-refractivity contribution in [2.24, 2.45) is 16.8 Å². The van der Waals surface area contributed by atoms with Crippen LogP contribution in [0.1, 0.15) is 38.5 Å². The predicted molar refractivity (Wildman–Crippen MR) is 69.5 cm³/mol. The van der Waals surface area contributed by atoms with Crippen LogP contribution in [0.5, 0.6) is 0 Å². The molecule has 2 rings (SSSR count). The molecule has 0 radical (unpaired) electrons. The van der Waals surface area contributed by atoms with Crippen LogP contribution in [0, 0.1) is 28.6 Å². The number of aliphatic imine (C=N–C) groups is 1. The maximum absolute atomic E-state index is 8.86. The number of nitrogens with one attached hydrogen (secondary N) is 1. The molecular formula is C14H19N3. The molecular weight excluding hydrogens is 210 g/mol. The summed E-state index contributed by atoms with van der Waals surface area (Å²) in [6, 6.07) is 2.17. The summed E-state index contributed by atoms with van der Waals surface area (Å²) in [5, 5.41) is 17.0. The molecule has 3 heteroatoms. The van der Waals surface area contributed by atoms with Crippen molar-refractivity contribution in [3.8, 4) is 6.07 Å². The fourth-order valence-corrected chi connectivity index (χ4v) is 3.07. The highest BCUT2D eigenvalue weighted by atomic mass is 14.7. The molecule has 2 aliphatic rings. The third-order valence-corrected chi connectivity index (χ3v) is 4.00. The molecule has 17 heavy (non-hydrogen) atoms. The van der Waals surface area contributed by atoms with Gasteiger partial charge in [-0.2, -0.15) is 5.26 Å². The lowest BCUT2D eigenvalue weighted by atomic mass is 9.72. The van der Waals surface area contributed by atoms with Crippen LogP contribution in [-0.2, 0) is 0 Å². The Hall–Kier alpha value is -1.43. The Morgan fingerprint density at radius 3 is 2.76 bits per heavy atom. The van der Waals surface area contributed by atoms with Gasteiger partial charge in [-0.25, -0.2) is 0 Å². The van der Waals surface area contributed by atoms with Crippen LogP contribution in [0.15, 0.2) is 16.6 Å². The van der Waals surface area contributed by atoms with E-state index in [1.165, 1.54) is 18.6 Å². The monoisotopic (exact) mass is 229 g/mol. The standard InChI is InChI=1S/C14H19N3/c1-17-14-5-3-2-4-12(14)11-7-6-10(9-15)8-13(11)16/h8,11-12,16H,2-7H2,1H3. The Bertz CT molecular complexity index is 412. The summed E-state index contributed by atoms with van der Waals surface area (Å²) in [7, 11) is 1.87. The largest absolute Gasteiger partial charge is 0.305 e. The zero-order chi connectivity index (χ0) is 12.3. The van der Waals surface area contributed by atoms with Crippen molar-refractivity contribution in [1.82, 2.24) is 0 Å². The zero-order valence-corrected chi connectivity index (χ0v) is 10.4. The maximum atomic E-state index is 8.86. The van der Waals surface area contributed by atoms with Crippen LogP contribution in [0.4, 0.5) is 0 Å². The molecule has 1 N–H and O–H groups in total. The van der Waals surface area contributed by atoms with E-state index in [9.17, 15) is 0 Å². The van der Waals surface area contributed by atoms with E-state index in [4.69, 9.17) is 10.7 Å². The Kier molecular flexibility index (Phi) is 3.73. The number of allylic oxidation sites excluding steroid dienone is 2. The van der Waals surface area contributed by atoms with Gasteiger partial charge in [0.25, 0.3) is 0 Å². The molecule has 2 unspecified atom stereocenters. The SMILES string of the molecule is CN=C1CCCCC1C1CCC(C#N)=CC1=N. The van der Waals surface area contributed by atoms with Gasteiger partial charge in [-0.1, -0.05) is 6.42 Å². The average Bonchev–Trinajstić information content (AvgIpc) is 2.38. The van der Waals surface area contributed by atoms with Crippen molar-refractivity contribution in [2.75, 3.05) is 7.05 Å². The van der Waals surface area contributed by atoms with Gasteiger partial charge in [0.1, 0.15) is 0 Å². The maximum Gasteiger partial charge on any atom is 0.0947 e. The second-order valence-corrected chi connectivity index (χ2v) is 4.95. The Morgan fingerprint density at radius 1 is 1.29 bits per heavy atom. The quantitative estimate of drug-likeness (QED) is 0.737. The Balaban J connectivity index is 2.16. The van der Waals surface area contributed by atoms with Crippen molar-refractivity contribution in [3.05, 3.63) is 11.6 Å². The lowest BCUT2D eigenvalue weighted by Crippen LogP contribution is -2.33. The van der Waals surface area contributed by atoms with Crippen LogP contribution < -0.4 is 0 Å². The lowest BCUT2D eigenvalue weighted by molar-refractivity contribution is 0.419. The molecule has 0 spiro atoms. The van der Waals surface area contributed by atoms with Gasteiger partial charge in [-0.3, -0.25) is 4.99 Å². The molecule has 2 atom stereocenters. The van der Waals surface area contributed by atoms with E-state index in [-0.39, 0.29) is 0 Å². The first kappa shape index (κ1) is 12.0. The second-order valence-electron chi connectivity index (χ2n) is 4.95. The molecule has 0 heterocycles. The van der Waals surface area contributed by atoms with Gasteiger partial charge in [0, 0.05) is 35.9 Å². The van der Waals surface area contributed by atoms with E-state index in [2.05, 4.69) is 11.1 Å². The van der Waals surface area contributed by atoms with E-state index in [1.807, 2.05) is 7.05 Å². The fraction of sp³-hybridized carbons (Fsp3) is 0.643. The van der Waals surface area contributed by atoms with Crippen LogP contribution in [-0.4, -0.2) is 18.5 Å². The average molecular weight is 229 g/mol. The molecule has 0 aromatic rings. The minimum Gasteiger partial charge on any atom is -0.305 e. The molecule has 0 bridgehead atoms. The number of hydrogen-bond acceptors (Lipinski definition) is 3. The van der Waals surface area contributed by atoms with E-state index < -0.39 is 0 Å². The van der Waals surface area contributed by atoms with Gasteiger partial charge in [-0.15, -0.1) is 0 Å². The smallest absolute Gasteiger partial charge is 0.0947 e. The van der Waals surface area contributed by atoms with Gasteiger partial charge < -0.3 is 5.41 Å². The van der Waals surface area contributed by atoms with Gasteiger partial charge in [0.15, 0.2) is 0 Å². The van der Waals surface area contributed by atoms with Crippen molar-refractivity contribution >= 4 is 11.4 Å². The van der Waals surface area contributed by atoms with Crippen molar-refractivity contribution in [1.29, 1.82) is 10.7 Å². The summed E-state index contributed by atoms with van der Waals surface area (Å²) < 4.78 is 0. The second kappa shape index (κ2) is 5.27. The molecule has 0 aliphatic heterocycles. The first-order chi connectivity index (χ1) is 8.26. The summed E-state index contributed by atoms with van der Waals surface area (Å²) in [4.78, 5) is 4.41. The van der Waals surface area contributed by atoms with E-state index in [0.29, 0.717) is 17.5 Å². The summed E-state index contributed by atoms with van der Waals surface area (Å²) in [6.45, 7) is 0. The molecule has 1 saturated carbocycles. The zero-order valence-electron chi connectivity index (χ0n) is 10.4. The van der Waals surface area contributed by atoms with Gasteiger partial charge in [0.2, 0.25) is 0 Å². The molecule has 3 nitrogen and oxygen atoms in total. The first-order valence-electron chi connectivity index (χ1n) is 6.41. The van der Waals surface area contributed by atoms with E-state index in [1.54, 1.807) is 6.08 Å². The van der Waals surface area contributed by atoms with Gasteiger partial charge in [0.05, 0.1) is 6.07 Å². The number of rotatable bonds is 1. The number of hydrogen-bond donors (Lipinski definition) is 1. The minimum atomic E-state index is 0.297. The molecule has 0 saturated heterocycles. The molecule has 0 aromatic heterocycles. The van der Waals surface area contributed by atoms with Crippen LogP contribution in [0.3, 0.4) is 0 Å². The highest BCUT2D eigenvalue weighted by Gasteiger charge is 2.32. The summed E-state index contributed by atoms with van der Waals surface area (Å²) in [5.74, 6) is 0.754. The normalized spacial score (nSPS) is 32.1. The van der Waals surface area contributed by atoms with Gasteiger partial charge in [-0.05, 0) is 38.2 Å². The summed E-state index contributed by atoms with van der Waals surface area (Å²) in [6.07, 6.45) is 8.30. The fourth-order valence-electron chi connectivity index (χ4n) is 3.07. The molecule has 2 aliphatic carbocycles. The van der Waals surface area contributed by atoms with Crippen molar-refractivity contribution in [3.63, 3.8) is 0 Å². The molecule has 1 fully saturated rings. The predicted octanol–water partition coefficient (Wildman–Crippen LogP) is 3.13. The van der Waals surface area contributed by atoms with Crippen molar-refractivity contribution in [2.45, 2.75) is 38.5 Å². The third kappa shape index (κ3) is 2.46. The Labute approximate surface area is 103 Å². The van der Waals surface area contributed by atoms with E-state index >= 15 is 0 Å². The summed E-state index contributed by atoms with van der Waals surface area (Å²) in [5.41, 5.74) is 2.69. The molecule has 0 amide bonds. The summed E-state index contributed by atoms with van der Waals surface area (Å²) >= 11 is 0. The van der Waals surface area contributed by atoms with Crippen LogP contribution in [0.2, 0.25) is 0 Å². The lowest BCUT2D eigenvalue weighted by Gasteiger charge is -2.33. The van der Waals surface area contributed by atoms with Gasteiger partial charge >= 0.3 is 0 Å². The topological polar surface area (TPSA) is 60.0 Å². The minimum absolute atomic E-state index is 0.297.